The van der Waals surface area contributed by atoms with Crippen molar-refractivity contribution in [3.8, 4) is 0 Å². The van der Waals surface area contributed by atoms with Gasteiger partial charge in [-0.15, -0.1) is 0 Å². The maximum Gasteiger partial charge on any atom is 0.0471 e. The van der Waals surface area contributed by atoms with Crippen molar-refractivity contribution >= 4 is 17.3 Å². The third-order valence-electron chi connectivity index (χ3n) is 4.53. The Balaban J connectivity index is 2.16. The van der Waals surface area contributed by atoms with E-state index in [1.165, 1.54) is 31.4 Å². The van der Waals surface area contributed by atoms with Crippen LogP contribution in [0.1, 0.15) is 45.1 Å². The SMILES string of the molecule is CN(c1cccc(Cl)c1CN)C1CCC(C)(C)CC1. The Kier molecular flexibility index (Phi) is 4.42. The number of anilines is 1. The average Bonchev–Trinajstić information content (AvgIpc) is 2.37. The van der Waals surface area contributed by atoms with Crippen LogP contribution >= 0.6 is 11.6 Å². The van der Waals surface area contributed by atoms with Gasteiger partial charge >= 0.3 is 0 Å². The molecular weight excluding hydrogens is 256 g/mol. The fourth-order valence-corrected chi connectivity index (χ4v) is 3.29. The van der Waals surface area contributed by atoms with Crippen LogP contribution in [-0.4, -0.2) is 13.1 Å². The van der Waals surface area contributed by atoms with Gasteiger partial charge in [-0.05, 0) is 43.2 Å². The molecule has 106 valence electrons. The number of benzene rings is 1. The minimum absolute atomic E-state index is 0.498. The van der Waals surface area contributed by atoms with Crippen LogP contribution in [0, 0.1) is 5.41 Å². The monoisotopic (exact) mass is 280 g/mol. The zero-order valence-corrected chi connectivity index (χ0v) is 13.0. The molecule has 1 aromatic carbocycles. The molecule has 0 spiro atoms. The third-order valence-corrected chi connectivity index (χ3v) is 4.89. The second-order valence-electron chi connectivity index (χ2n) is 6.45. The summed E-state index contributed by atoms with van der Waals surface area (Å²) in [5.41, 5.74) is 8.61. The van der Waals surface area contributed by atoms with Gasteiger partial charge in [-0.3, -0.25) is 0 Å². The summed E-state index contributed by atoms with van der Waals surface area (Å²) in [5, 5.41) is 0.781. The number of nitrogens with zero attached hydrogens (tertiary/aromatic N) is 1. The minimum Gasteiger partial charge on any atom is -0.371 e. The smallest absolute Gasteiger partial charge is 0.0471 e. The fourth-order valence-electron chi connectivity index (χ4n) is 3.05. The molecule has 1 fully saturated rings. The second kappa shape index (κ2) is 5.72. The summed E-state index contributed by atoms with van der Waals surface area (Å²) in [6.07, 6.45) is 5.08. The highest BCUT2D eigenvalue weighted by molar-refractivity contribution is 6.31. The van der Waals surface area contributed by atoms with Gasteiger partial charge in [0.1, 0.15) is 0 Å². The van der Waals surface area contributed by atoms with Crippen LogP contribution in [0.2, 0.25) is 5.02 Å². The molecule has 0 bridgehead atoms. The van der Waals surface area contributed by atoms with Crippen molar-refractivity contribution in [1.82, 2.24) is 0 Å². The second-order valence-corrected chi connectivity index (χ2v) is 6.86. The van der Waals surface area contributed by atoms with Gasteiger partial charge in [0.2, 0.25) is 0 Å². The topological polar surface area (TPSA) is 29.3 Å². The first-order valence-corrected chi connectivity index (χ1v) is 7.53. The van der Waals surface area contributed by atoms with E-state index < -0.39 is 0 Å². The third kappa shape index (κ3) is 3.24. The molecular formula is C16H25ClN2. The Morgan fingerprint density at radius 3 is 2.53 bits per heavy atom. The van der Waals surface area contributed by atoms with E-state index in [2.05, 4.69) is 31.9 Å². The molecule has 19 heavy (non-hydrogen) atoms. The predicted molar refractivity (Wildman–Crippen MR) is 83.8 cm³/mol. The Hall–Kier alpha value is -0.730. The molecule has 0 aromatic heterocycles. The van der Waals surface area contributed by atoms with Gasteiger partial charge in [-0.1, -0.05) is 31.5 Å². The highest BCUT2D eigenvalue weighted by atomic mass is 35.5. The lowest BCUT2D eigenvalue weighted by Crippen LogP contribution is -2.37. The summed E-state index contributed by atoms with van der Waals surface area (Å²) >= 11 is 6.25. The highest BCUT2D eigenvalue weighted by Crippen LogP contribution is 2.38. The summed E-state index contributed by atoms with van der Waals surface area (Å²) in [6.45, 7) is 5.24. The summed E-state index contributed by atoms with van der Waals surface area (Å²) in [6, 6.07) is 6.68. The predicted octanol–water partition coefficient (Wildman–Crippen LogP) is 4.20. The maximum absolute atomic E-state index is 6.25. The molecule has 2 N–H and O–H groups in total. The van der Waals surface area contributed by atoms with Gasteiger partial charge in [-0.2, -0.15) is 0 Å². The van der Waals surface area contributed by atoms with Gasteiger partial charge in [0.05, 0.1) is 0 Å². The molecule has 0 unspecified atom stereocenters. The largest absolute Gasteiger partial charge is 0.371 e. The zero-order valence-electron chi connectivity index (χ0n) is 12.2. The first-order chi connectivity index (χ1) is 8.94. The number of hydrogen-bond acceptors (Lipinski definition) is 2. The van der Waals surface area contributed by atoms with Gasteiger partial charge in [0, 0.05) is 35.9 Å². The number of halogens is 1. The van der Waals surface area contributed by atoms with Gasteiger partial charge in [0.15, 0.2) is 0 Å². The Labute approximate surface area is 121 Å². The molecule has 2 rings (SSSR count). The summed E-state index contributed by atoms with van der Waals surface area (Å²) in [4.78, 5) is 2.38. The molecule has 0 heterocycles. The Bertz CT molecular complexity index is 432. The van der Waals surface area contributed by atoms with Crippen molar-refractivity contribution in [3.63, 3.8) is 0 Å². The molecule has 1 aromatic rings. The molecule has 1 aliphatic rings. The molecule has 3 heteroatoms. The quantitative estimate of drug-likeness (QED) is 0.899. The zero-order chi connectivity index (χ0) is 14.0. The van der Waals surface area contributed by atoms with Crippen molar-refractivity contribution in [2.75, 3.05) is 11.9 Å². The Morgan fingerprint density at radius 1 is 1.32 bits per heavy atom. The van der Waals surface area contributed by atoms with Crippen LogP contribution in [0.3, 0.4) is 0 Å². The Morgan fingerprint density at radius 2 is 1.95 bits per heavy atom. The molecule has 0 saturated heterocycles. The minimum atomic E-state index is 0.498. The van der Waals surface area contributed by atoms with E-state index in [9.17, 15) is 0 Å². The molecule has 0 aliphatic heterocycles. The standard InChI is InChI=1S/C16H25ClN2/c1-16(2)9-7-12(8-10-16)19(3)15-6-4-5-14(17)13(15)11-18/h4-6,12H,7-11,18H2,1-3H3. The fraction of sp³-hybridized carbons (Fsp3) is 0.625. The molecule has 0 amide bonds. The normalized spacial score (nSPS) is 19.4. The van der Waals surface area contributed by atoms with Crippen LogP contribution in [0.5, 0.6) is 0 Å². The van der Waals surface area contributed by atoms with Crippen molar-refractivity contribution < 1.29 is 0 Å². The van der Waals surface area contributed by atoms with Crippen molar-refractivity contribution in [3.05, 3.63) is 28.8 Å². The molecule has 2 nitrogen and oxygen atoms in total. The van der Waals surface area contributed by atoms with E-state index >= 15 is 0 Å². The first-order valence-electron chi connectivity index (χ1n) is 7.15. The molecule has 1 saturated carbocycles. The summed E-state index contributed by atoms with van der Waals surface area (Å²) in [7, 11) is 2.17. The molecule has 1 aliphatic carbocycles. The first kappa shape index (κ1) is 14.7. The van der Waals surface area contributed by atoms with Crippen LogP contribution < -0.4 is 10.6 Å². The average molecular weight is 281 g/mol. The lowest BCUT2D eigenvalue weighted by Gasteiger charge is -2.40. The van der Waals surface area contributed by atoms with E-state index in [0.717, 1.165) is 10.6 Å². The van der Waals surface area contributed by atoms with E-state index in [1.54, 1.807) is 0 Å². The highest BCUT2D eigenvalue weighted by Gasteiger charge is 2.29. The summed E-state index contributed by atoms with van der Waals surface area (Å²) < 4.78 is 0. The van der Waals surface area contributed by atoms with Gasteiger partial charge < -0.3 is 10.6 Å². The lowest BCUT2D eigenvalue weighted by atomic mass is 9.75. The van der Waals surface area contributed by atoms with Crippen molar-refractivity contribution in [1.29, 1.82) is 0 Å². The van der Waals surface area contributed by atoms with Gasteiger partial charge in [-0.25, -0.2) is 0 Å². The van der Waals surface area contributed by atoms with Crippen molar-refractivity contribution in [2.45, 2.75) is 52.1 Å². The number of nitrogens with two attached hydrogens (primary N) is 1. The number of rotatable bonds is 3. The van der Waals surface area contributed by atoms with Crippen molar-refractivity contribution in [2.24, 2.45) is 11.1 Å². The van der Waals surface area contributed by atoms with E-state index in [0.29, 0.717) is 18.0 Å². The number of hydrogen-bond donors (Lipinski definition) is 1. The van der Waals surface area contributed by atoms with Crippen LogP contribution in [0.15, 0.2) is 18.2 Å². The van der Waals surface area contributed by atoms with Gasteiger partial charge in [0.25, 0.3) is 0 Å². The maximum atomic E-state index is 6.25. The van der Waals surface area contributed by atoms with Crippen LogP contribution in [-0.2, 0) is 6.54 Å². The van der Waals surface area contributed by atoms with E-state index in [1.807, 2.05) is 12.1 Å². The van der Waals surface area contributed by atoms with E-state index in [4.69, 9.17) is 17.3 Å². The summed E-state index contributed by atoms with van der Waals surface area (Å²) in [5.74, 6) is 0. The molecule has 0 atom stereocenters. The van der Waals surface area contributed by atoms with E-state index in [-0.39, 0.29) is 0 Å². The lowest BCUT2D eigenvalue weighted by molar-refractivity contribution is 0.222. The molecule has 0 radical (unpaired) electrons. The van der Waals surface area contributed by atoms with Crippen LogP contribution in [0.25, 0.3) is 0 Å². The van der Waals surface area contributed by atoms with Crippen LogP contribution in [0.4, 0.5) is 5.69 Å².